The first kappa shape index (κ1) is 16.8. The Balaban J connectivity index is 2.90. The zero-order valence-corrected chi connectivity index (χ0v) is 13.1. The molecule has 0 radical (unpaired) electrons. The lowest BCUT2D eigenvalue weighted by Gasteiger charge is -2.09. The minimum Gasteiger partial charge on any atom is -0.495 e. The van der Waals surface area contributed by atoms with Crippen molar-refractivity contribution in [2.75, 3.05) is 13.7 Å². The van der Waals surface area contributed by atoms with Crippen LogP contribution in [-0.2, 0) is 25.0 Å². The Hall–Kier alpha value is -1.27. The van der Waals surface area contributed by atoms with E-state index in [4.69, 9.17) is 20.2 Å². The second kappa shape index (κ2) is 6.95. The van der Waals surface area contributed by atoms with Crippen molar-refractivity contribution in [3.63, 3.8) is 0 Å². The highest BCUT2D eigenvalue weighted by Gasteiger charge is 2.18. The van der Waals surface area contributed by atoms with Crippen LogP contribution in [0.5, 0.6) is 5.75 Å². The number of methoxy groups -OCH3 is 1. The summed E-state index contributed by atoms with van der Waals surface area (Å²) < 4.78 is 32.8. The highest BCUT2D eigenvalue weighted by molar-refractivity contribution is 8.13. The summed E-state index contributed by atoms with van der Waals surface area (Å²) in [6, 6.07) is 4.37. The van der Waals surface area contributed by atoms with E-state index in [0.717, 1.165) is 0 Å². The number of hydrogen-bond donors (Lipinski definition) is 0. The highest BCUT2D eigenvalue weighted by Crippen LogP contribution is 2.28. The van der Waals surface area contributed by atoms with Gasteiger partial charge in [-0.25, -0.2) is 8.42 Å². The van der Waals surface area contributed by atoms with E-state index in [-0.39, 0.29) is 23.0 Å². The quantitative estimate of drug-likeness (QED) is 0.594. The molecule has 0 heterocycles. The van der Waals surface area contributed by atoms with E-state index in [9.17, 15) is 13.2 Å². The average molecular weight is 321 g/mol. The molecule has 0 spiro atoms. The number of carbonyl (C=O) groups excluding carboxylic acids is 1. The molecule has 0 saturated heterocycles. The molecule has 1 rings (SSSR count). The van der Waals surface area contributed by atoms with Crippen LogP contribution >= 0.6 is 10.7 Å². The molecule has 0 aliphatic rings. The highest BCUT2D eigenvalue weighted by atomic mass is 35.7. The van der Waals surface area contributed by atoms with Crippen LogP contribution in [0.25, 0.3) is 0 Å². The van der Waals surface area contributed by atoms with E-state index >= 15 is 0 Å². The van der Waals surface area contributed by atoms with E-state index in [0.29, 0.717) is 12.2 Å². The number of halogens is 1. The standard InChI is InChI=1S/C13H17ClO5S/c1-9(2)8-19-13(15)7-10-4-5-11(18-3)12(6-10)20(14,16)17/h4-6,9H,7-8H2,1-3H3. The Labute approximate surface area is 123 Å². The fourth-order valence-corrected chi connectivity index (χ4v) is 2.54. The monoisotopic (exact) mass is 320 g/mol. The van der Waals surface area contributed by atoms with Crippen LogP contribution in [0.3, 0.4) is 0 Å². The summed E-state index contributed by atoms with van der Waals surface area (Å²) in [5.41, 5.74) is 0.499. The number of esters is 1. The maximum atomic E-state index is 11.6. The van der Waals surface area contributed by atoms with Crippen LogP contribution < -0.4 is 4.74 Å². The topological polar surface area (TPSA) is 69.7 Å². The number of hydrogen-bond acceptors (Lipinski definition) is 5. The van der Waals surface area contributed by atoms with Crippen molar-refractivity contribution in [2.24, 2.45) is 5.92 Å². The molecule has 0 fully saturated rings. The lowest BCUT2D eigenvalue weighted by atomic mass is 10.1. The lowest BCUT2D eigenvalue weighted by molar-refractivity contribution is -0.143. The third kappa shape index (κ3) is 5.02. The van der Waals surface area contributed by atoms with E-state index in [2.05, 4.69) is 0 Å². The summed E-state index contributed by atoms with van der Waals surface area (Å²) >= 11 is 0. The molecule has 0 amide bonds. The predicted molar refractivity (Wildman–Crippen MR) is 75.5 cm³/mol. The number of rotatable bonds is 6. The molecule has 0 N–H and O–H groups in total. The number of benzene rings is 1. The van der Waals surface area contributed by atoms with Gasteiger partial charge in [0.2, 0.25) is 0 Å². The molecular weight excluding hydrogens is 304 g/mol. The van der Waals surface area contributed by atoms with Crippen molar-refractivity contribution in [1.29, 1.82) is 0 Å². The van der Waals surface area contributed by atoms with Crippen molar-refractivity contribution >= 4 is 25.7 Å². The van der Waals surface area contributed by atoms with Gasteiger partial charge in [0, 0.05) is 10.7 Å². The van der Waals surface area contributed by atoms with E-state index in [1.165, 1.54) is 19.2 Å². The van der Waals surface area contributed by atoms with Crippen LogP contribution in [0, 0.1) is 5.92 Å². The van der Waals surface area contributed by atoms with Crippen LogP contribution in [0.4, 0.5) is 0 Å². The minimum atomic E-state index is -3.93. The van der Waals surface area contributed by atoms with Gasteiger partial charge in [0.25, 0.3) is 9.05 Å². The third-order valence-corrected chi connectivity index (χ3v) is 3.76. The summed E-state index contributed by atoms with van der Waals surface area (Å²) in [5.74, 6) is -0.0327. The van der Waals surface area contributed by atoms with E-state index in [1.54, 1.807) is 6.07 Å². The third-order valence-electron chi connectivity index (χ3n) is 2.42. The minimum absolute atomic E-state index is 0.0177. The van der Waals surface area contributed by atoms with Gasteiger partial charge in [-0.15, -0.1) is 0 Å². The summed E-state index contributed by atoms with van der Waals surface area (Å²) in [6.07, 6.45) is -0.0177. The van der Waals surface area contributed by atoms with Crippen LogP contribution in [0.2, 0.25) is 0 Å². The normalized spacial score (nSPS) is 11.4. The molecule has 0 saturated carbocycles. The number of ether oxygens (including phenoxy) is 2. The largest absolute Gasteiger partial charge is 0.495 e. The molecule has 0 bridgehead atoms. The molecule has 5 nitrogen and oxygen atoms in total. The maximum absolute atomic E-state index is 11.6. The van der Waals surface area contributed by atoms with Gasteiger partial charge in [0.1, 0.15) is 10.6 Å². The Bertz CT molecular complexity index is 580. The molecule has 112 valence electrons. The first-order valence-electron chi connectivity index (χ1n) is 6.01. The molecule has 0 aromatic heterocycles. The second-order valence-electron chi connectivity index (χ2n) is 4.68. The fraction of sp³-hybridized carbons (Fsp3) is 0.462. The van der Waals surface area contributed by atoms with Gasteiger partial charge < -0.3 is 9.47 Å². The second-order valence-corrected chi connectivity index (χ2v) is 7.21. The average Bonchev–Trinajstić information content (AvgIpc) is 2.35. The SMILES string of the molecule is COc1ccc(CC(=O)OCC(C)C)cc1S(=O)(=O)Cl. The van der Waals surface area contributed by atoms with Crippen LogP contribution in [0.1, 0.15) is 19.4 Å². The smallest absolute Gasteiger partial charge is 0.310 e. The van der Waals surface area contributed by atoms with Crippen LogP contribution in [0.15, 0.2) is 23.1 Å². The molecule has 0 aliphatic heterocycles. The first-order chi connectivity index (χ1) is 9.24. The van der Waals surface area contributed by atoms with Crippen molar-refractivity contribution in [1.82, 2.24) is 0 Å². The Morgan fingerprint density at radius 1 is 1.35 bits per heavy atom. The summed E-state index contributed by atoms with van der Waals surface area (Å²) in [7, 11) is 2.74. The summed E-state index contributed by atoms with van der Waals surface area (Å²) in [6.45, 7) is 4.19. The lowest BCUT2D eigenvalue weighted by Crippen LogP contribution is -2.12. The van der Waals surface area contributed by atoms with Crippen molar-refractivity contribution in [2.45, 2.75) is 25.2 Å². The fourth-order valence-electron chi connectivity index (χ4n) is 1.50. The van der Waals surface area contributed by atoms with Gasteiger partial charge in [-0.05, 0) is 23.6 Å². The molecule has 1 aromatic rings. The van der Waals surface area contributed by atoms with Gasteiger partial charge in [0.05, 0.1) is 20.1 Å². The van der Waals surface area contributed by atoms with Crippen molar-refractivity contribution < 1.29 is 22.7 Å². The molecule has 20 heavy (non-hydrogen) atoms. The Morgan fingerprint density at radius 2 is 2.00 bits per heavy atom. The first-order valence-corrected chi connectivity index (χ1v) is 8.32. The Kier molecular flexibility index (Phi) is 5.83. The zero-order chi connectivity index (χ0) is 15.3. The van der Waals surface area contributed by atoms with Gasteiger partial charge >= 0.3 is 5.97 Å². The van der Waals surface area contributed by atoms with E-state index < -0.39 is 15.0 Å². The summed E-state index contributed by atoms with van der Waals surface area (Å²) in [4.78, 5) is 11.4. The molecule has 0 aliphatic carbocycles. The molecule has 1 aromatic carbocycles. The maximum Gasteiger partial charge on any atom is 0.310 e. The molecule has 7 heteroatoms. The molecular formula is C13H17ClO5S. The molecule has 0 atom stereocenters. The van der Waals surface area contributed by atoms with Crippen molar-refractivity contribution in [3.05, 3.63) is 23.8 Å². The zero-order valence-electron chi connectivity index (χ0n) is 11.6. The predicted octanol–water partition coefficient (Wildman–Crippen LogP) is 2.36. The van der Waals surface area contributed by atoms with Crippen molar-refractivity contribution in [3.8, 4) is 5.75 Å². The van der Waals surface area contributed by atoms with Gasteiger partial charge in [-0.2, -0.15) is 0 Å². The number of carbonyl (C=O) groups is 1. The van der Waals surface area contributed by atoms with Crippen LogP contribution in [-0.4, -0.2) is 28.1 Å². The van der Waals surface area contributed by atoms with Gasteiger partial charge in [-0.1, -0.05) is 19.9 Å². The van der Waals surface area contributed by atoms with Gasteiger partial charge in [0.15, 0.2) is 0 Å². The van der Waals surface area contributed by atoms with E-state index in [1.807, 2.05) is 13.8 Å². The Morgan fingerprint density at radius 3 is 2.50 bits per heavy atom. The molecule has 0 unspecified atom stereocenters. The summed E-state index contributed by atoms with van der Waals surface area (Å²) in [5, 5.41) is 0. The van der Waals surface area contributed by atoms with Gasteiger partial charge in [-0.3, -0.25) is 4.79 Å².